The van der Waals surface area contributed by atoms with Crippen molar-refractivity contribution in [2.75, 3.05) is 11.9 Å². The predicted molar refractivity (Wildman–Crippen MR) is 102 cm³/mol. The number of nitrogens with one attached hydrogen (secondary N) is 1. The molecule has 29 heavy (non-hydrogen) atoms. The number of halogens is 2. The standard InChI is InChI=1S/C20H18F2N6O/c21-14-8-20(9-14,17-15(22)5-2-6-24-17)11-26-19-25-10-16(27-28-19)12-3-1-4-13(7-12)18(23)29/h1-7,10,14H,8-9,11H2,(H2,23,29)(H,25,26,28). The van der Waals surface area contributed by atoms with E-state index in [4.69, 9.17) is 5.73 Å². The van der Waals surface area contributed by atoms with Crippen LogP contribution < -0.4 is 11.1 Å². The van der Waals surface area contributed by atoms with Crippen molar-refractivity contribution in [1.29, 1.82) is 0 Å². The molecule has 3 aromatic rings. The minimum Gasteiger partial charge on any atom is -0.366 e. The van der Waals surface area contributed by atoms with Crippen molar-refractivity contribution in [3.05, 3.63) is 65.9 Å². The van der Waals surface area contributed by atoms with Gasteiger partial charge in [-0.25, -0.2) is 13.8 Å². The van der Waals surface area contributed by atoms with E-state index in [0.717, 1.165) is 0 Å². The summed E-state index contributed by atoms with van der Waals surface area (Å²) in [6, 6.07) is 9.50. The van der Waals surface area contributed by atoms with Gasteiger partial charge in [0.2, 0.25) is 11.9 Å². The summed E-state index contributed by atoms with van der Waals surface area (Å²) in [4.78, 5) is 19.7. The highest BCUT2D eigenvalue weighted by Gasteiger charge is 2.48. The first-order chi connectivity index (χ1) is 14.0. The molecule has 1 amide bonds. The van der Waals surface area contributed by atoms with Crippen molar-refractivity contribution >= 4 is 11.9 Å². The summed E-state index contributed by atoms with van der Waals surface area (Å²) >= 11 is 0. The molecule has 7 nitrogen and oxygen atoms in total. The molecule has 1 fully saturated rings. The zero-order valence-electron chi connectivity index (χ0n) is 15.3. The second-order valence-corrected chi connectivity index (χ2v) is 7.09. The third-order valence-corrected chi connectivity index (χ3v) is 5.07. The van der Waals surface area contributed by atoms with Crippen molar-refractivity contribution in [2.24, 2.45) is 5.73 Å². The molecule has 2 aromatic heterocycles. The summed E-state index contributed by atoms with van der Waals surface area (Å²) in [6.07, 6.45) is 2.37. The number of rotatable bonds is 6. The molecule has 1 aliphatic carbocycles. The van der Waals surface area contributed by atoms with Crippen molar-refractivity contribution in [3.8, 4) is 11.3 Å². The minimum atomic E-state index is -0.989. The first-order valence-electron chi connectivity index (χ1n) is 9.06. The summed E-state index contributed by atoms with van der Waals surface area (Å²) in [5, 5.41) is 11.1. The van der Waals surface area contributed by atoms with E-state index in [1.807, 2.05) is 0 Å². The summed E-state index contributed by atoms with van der Waals surface area (Å²) in [6.45, 7) is 0.236. The number of carbonyl (C=O) groups is 1. The molecular weight excluding hydrogens is 378 g/mol. The molecule has 1 aliphatic rings. The molecule has 0 unspecified atom stereocenters. The number of benzene rings is 1. The average Bonchev–Trinajstić information content (AvgIpc) is 2.71. The number of primary amides is 1. The molecule has 0 bridgehead atoms. The van der Waals surface area contributed by atoms with E-state index in [2.05, 4.69) is 25.5 Å². The first-order valence-corrected chi connectivity index (χ1v) is 9.06. The van der Waals surface area contributed by atoms with Gasteiger partial charge in [0, 0.05) is 29.3 Å². The lowest BCUT2D eigenvalue weighted by Gasteiger charge is -2.43. The Morgan fingerprint density at radius 3 is 2.69 bits per heavy atom. The van der Waals surface area contributed by atoms with Gasteiger partial charge in [0.1, 0.15) is 17.7 Å². The van der Waals surface area contributed by atoms with Crippen LogP contribution in [0.5, 0.6) is 0 Å². The average molecular weight is 396 g/mol. The Bertz CT molecular complexity index is 1040. The molecule has 0 saturated heterocycles. The highest BCUT2D eigenvalue weighted by Crippen LogP contribution is 2.45. The fourth-order valence-corrected chi connectivity index (χ4v) is 3.55. The van der Waals surface area contributed by atoms with Gasteiger partial charge >= 0.3 is 0 Å². The van der Waals surface area contributed by atoms with Crippen LogP contribution in [0.2, 0.25) is 0 Å². The van der Waals surface area contributed by atoms with E-state index in [-0.39, 0.29) is 31.0 Å². The van der Waals surface area contributed by atoms with Gasteiger partial charge < -0.3 is 11.1 Å². The van der Waals surface area contributed by atoms with Crippen LogP contribution in [-0.2, 0) is 5.41 Å². The first kappa shape index (κ1) is 18.9. The number of alkyl halides is 1. The molecule has 1 saturated carbocycles. The normalized spacial score (nSPS) is 20.7. The van der Waals surface area contributed by atoms with Crippen LogP contribution in [0.1, 0.15) is 28.9 Å². The monoisotopic (exact) mass is 396 g/mol. The molecular formula is C20H18F2N6O. The highest BCUT2D eigenvalue weighted by atomic mass is 19.1. The van der Waals surface area contributed by atoms with Crippen LogP contribution in [0.25, 0.3) is 11.3 Å². The Morgan fingerprint density at radius 2 is 2.03 bits per heavy atom. The molecule has 0 radical (unpaired) electrons. The lowest BCUT2D eigenvalue weighted by molar-refractivity contribution is 0.0963. The molecule has 0 aliphatic heterocycles. The molecule has 3 N–H and O–H groups in total. The van der Waals surface area contributed by atoms with Gasteiger partial charge in [0.05, 0.1) is 11.9 Å². The lowest BCUT2D eigenvalue weighted by Crippen LogP contribution is -2.49. The summed E-state index contributed by atoms with van der Waals surface area (Å²) in [7, 11) is 0. The number of nitrogens with zero attached hydrogens (tertiary/aromatic N) is 4. The highest BCUT2D eigenvalue weighted by molar-refractivity contribution is 5.93. The van der Waals surface area contributed by atoms with Gasteiger partial charge in [-0.3, -0.25) is 9.78 Å². The number of amides is 1. The second-order valence-electron chi connectivity index (χ2n) is 7.09. The zero-order chi connectivity index (χ0) is 20.4. The third-order valence-electron chi connectivity index (χ3n) is 5.07. The smallest absolute Gasteiger partial charge is 0.248 e. The second kappa shape index (κ2) is 7.50. The summed E-state index contributed by atoms with van der Waals surface area (Å²) < 4.78 is 27.8. The van der Waals surface area contributed by atoms with Crippen LogP contribution >= 0.6 is 0 Å². The molecule has 9 heteroatoms. The van der Waals surface area contributed by atoms with Crippen molar-refractivity contribution in [2.45, 2.75) is 24.4 Å². The molecule has 0 atom stereocenters. The van der Waals surface area contributed by atoms with E-state index in [1.54, 1.807) is 24.3 Å². The summed E-state index contributed by atoms with van der Waals surface area (Å²) in [5.74, 6) is -0.757. The lowest BCUT2D eigenvalue weighted by atomic mass is 9.65. The molecule has 0 spiro atoms. The van der Waals surface area contributed by atoms with Crippen LogP contribution in [0.15, 0.2) is 48.8 Å². The summed E-state index contributed by atoms with van der Waals surface area (Å²) in [5.41, 5.74) is 6.27. The molecule has 1 aromatic carbocycles. The van der Waals surface area contributed by atoms with Crippen LogP contribution in [0.3, 0.4) is 0 Å². The zero-order valence-corrected chi connectivity index (χ0v) is 15.3. The Morgan fingerprint density at radius 1 is 1.21 bits per heavy atom. The fourth-order valence-electron chi connectivity index (χ4n) is 3.55. The van der Waals surface area contributed by atoms with Gasteiger partial charge in [-0.05, 0) is 37.1 Å². The van der Waals surface area contributed by atoms with Crippen molar-refractivity contribution in [1.82, 2.24) is 20.2 Å². The maximum Gasteiger partial charge on any atom is 0.248 e. The number of carbonyl (C=O) groups excluding carboxylic acids is 1. The Labute approximate surface area is 165 Å². The van der Waals surface area contributed by atoms with Gasteiger partial charge in [0.15, 0.2) is 0 Å². The molecule has 148 valence electrons. The van der Waals surface area contributed by atoms with Crippen LogP contribution in [-0.4, -0.2) is 38.8 Å². The SMILES string of the molecule is NC(=O)c1cccc(-c2cnc(NCC3(c4ncccc4F)CC(F)C3)nn2)c1. The Hall–Kier alpha value is -3.49. The topological polar surface area (TPSA) is 107 Å². The minimum absolute atomic E-state index is 0.180. The number of aromatic nitrogens is 4. The maximum absolute atomic E-state index is 14.2. The van der Waals surface area contributed by atoms with Gasteiger partial charge in [-0.15, -0.1) is 10.2 Å². The third kappa shape index (κ3) is 3.75. The quantitative estimate of drug-likeness (QED) is 0.663. The van der Waals surface area contributed by atoms with E-state index in [1.165, 1.54) is 24.5 Å². The van der Waals surface area contributed by atoms with Crippen LogP contribution in [0.4, 0.5) is 14.7 Å². The number of pyridine rings is 1. The number of nitrogens with two attached hydrogens (primary N) is 1. The molecule has 4 rings (SSSR count). The largest absolute Gasteiger partial charge is 0.366 e. The number of hydrogen-bond acceptors (Lipinski definition) is 6. The van der Waals surface area contributed by atoms with Gasteiger partial charge in [0.25, 0.3) is 0 Å². The molecule has 2 heterocycles. The number of hydrogen-bond donors (Lipinski definition) is 2. The van der Waals surface area contributed by atoms with Gasteiger partial charge in [-0.1, -0.05) is 12.1 Å². The van der Waals surface area contributed by atoms with Gasteiger partial charge in [-0.2, -0.15) is 0 Å². The van der Waals surface area contributed by atoms with E-state index < -0.39 is 23.3 Å². The van der Waals surface area contributed by atoms with Crippen LogP contribution in [0, 0.1) is 5.82 Å². The van der Waals surface area contributed by atoms with E-state index in [9.17, 15) is 13.6 Å². The Balaban J connectivity index is 1.50. The van der Waals surface area contributed by atoms with E-state index >= 15 is 0 Å². The Kier molecular flexibility index (Phi) is 4.87. The fraction of sp³-hybridized carbons (Fsp3) is 0.250. The predicted octanol–water partition coefficient (Wildman–Crippen LogP) is 2.65. The van der Waals surface area contributed by atoms with E-state index in [0.29, 0.717) is 16.8 Å². The maximum atomic E-state index is 14.2. The van der Waals surface area contributed by atoms with Crippen molar-refractivity contribution in [3.63, 3.8) is 0 Å². The van der Waals surface area contributed by atoms with Crippen molar-refractivity contribution < 1.29 is 13.6 Å². The number of anilines is 1.